The van der Waals surface area contributed by atoms with Crippen molar-refractivity contribution in [1.29, 1.82) is 0 Å². The maximum absolute atomic E-state index is 11.7. The first-order valence-corrected chi connectivity index (χ1v) is 8.06. The number of aromatic nitrogens is 1. The summed E-state index contributed by atoms with van der Waals surface area (Å²) in [5.74, 6) is 0. The Labute approximate surface area is 132 Å². The molecule has 0 spiro atoms. The fourth-order valence-electron chi connectivity index (χ4n) is 3.17. The Morgan fingerprint density at radius 1 is 1.05 bits per heavy atom. The fourth-order valence-corrected chi connectivity index (χ4v) is 4.10. The van der Waals surface area contributed by atoms with Crippen LogP contribution in [-0.4, -0.2) is 11.3 Å². The van der Waals surface area contributed by atoms with Crippen molar-refractivity contribution in [1.82, 2.24) is 4.98 Å². The second-order valence-electron chi connectivity index (χ2n) is 5.57. The van der Waals surface area contributed by atoms with Crippen molar-refractivity contribution >= 4 is 39.3 Å². The minimum absolute atomic E-state index is 0.752. The highest BCUT2D eigenvalue weighted by Gasteiger charge is 2.17. The zero-order chi connectivity index (χ0) is 15.3. The van der Waals surface area contributed by atoms with E-state index in [2.05, 4.69) is 43.1 Å². The quantitative estimate of drug-likeness (QED) is 0.489. The molecule has 4 aromatic rings. The molecular weight excluding hydrogens is 290 g/mol. The summed E-state index contributed by atoms with van der Waals surface area (Å²) in [6, 6.07) is 14.5. The van der Waals surface area contributed by atoms with E-state index in [4.69, 9.17) is 0 Å². The van der Waals surface area contributed by atoms with Gasteiger partial charge in [-0.15, -0.1) is 11.3 Å². The van der Waals surface area contributed by atoms with Crippen LogP contribution in [-0.2, 0) is 0 Å². The minimum Gasteiger partial charge on any atom is -0.353 e. The zero-order valence-corrected chi connectivity index (χ0v) is 13.3. The number of rotatable bonds is 2. The third-order valence-corrected chi connectivity index (χ3v) is 5.13. The summed E-state index contributed by atoms with van der Waals surface area (Å²) in [5, 5.41) is 3.32. The average Bonchev–Trinajstić information content (AvgIpc) is 3.06. The monoisotopic (exact) mass is 305 g/mol. The van der Waals surface area contributed by atoms with Crippen molar-refractivity contribution in [2.24, 2.45) is 0 Å². The second-order valence-corrected chi connectivity index (χ2v) is 7.03. The summed E-state index contributed by atoms with van der Waals surface area (Å²) >= 11 is 1.76. The van der Waals surface area contributed by atoms with Crippen LogP contribution in [0.25, 0.3) is 32.9 Å². The predicted molar refractivity (Wildman–Crippen MR) is 94.0 cm³/mol. The number of aryl methyl sites for hydroxylation is 2. The lowest BCUT2D eigenvalue weighted by Gasteiger charge is -1.98. The lowest BCUT2D eigenvalue weighted by molar-refractivity contribution is 0.112. The van der Waals surface area contributed by atoms with Crippen LogP contribution in [0.4, 0.5) is 0 Å². The molecule has 0 saturated heterocycles. The van der Waals surface area contributed by atoms with E-state index in [1.54, 1.807) is 11.3 Å². The van der Waals surface area contributed by atoms with E-state index >= 15 is 0 Å². The van der Waals surface area contributed by atoms with Crippen molar-refractivity contribution in [2.75, 3.05) is 0 Å². The molecule has 3 heteroatoms. The Morgan fingerprint density at radius 3 is 2.59 bits per heavy atom. The fraction of sp³-hybridized carbons (Fsp3) is 0.105. The van der Waals surface area contributed by atoms with Gasteiger partial charge >= 0.3 is 0 Å². The van der Waals surface area contributed by atoms with Gasteiger partial charge in [-0.05, 0) is 25.3 Å². The third-order valence-electron chi connectivity index (χ3n) is 4.17. The number of aldehydes is 1. The van der Waals surface area contributed by atoms with Gasteiger partial charge in [-0.1, -0.05) is 36.4 Å². The summed E-state index contributed by atoms with van der Waals surface area (Å²) in [6.07, 6.45) is 0.968. The molecule has 4 rings (SSSR count). The highest BCUT2D eigenvalue weighted by Crippen LogP contribution is 2.37. The number of benzene rings is 2. The van der Waals surface area contributed by atoms with E-state index in [1.807, 2.05) is 18.2 Å². The topological polar surface area (TPSA) is 32.9 Å². The van der Waals surface area contributed by atoms with Crippen LogP contribution in [0, 0.1) is 13.8 Å². The minimum atomic E-state index is 0.752. The van der Waals surface area contributed by atoms with E-state index in [-0.39, 0.29) is 0 Å². The van der Waals surface area contributed by atoms with Gasteiger partial charge in [0.05, 0.1) is 11.2 Å². The van der Waals surface area contributed by atoms with Gasteiger partial charge in [-0.25, -0.2) is 0 Å². The number of nitrogens with one attached hydrogen (secondary N) is 1. The van der Waals surface area contributed by atoms with Crippen molar-refractivity contribution in [3.05, 3.63) is 57.8 Å². The molecule has 0 fully saturated rings. The number of carbonyl (C=O) groups is 1. The molecule has 1 N–H and O–H groups in total. The summed E-state index contributed by atoms with van der Waals surface area (Å²) in [4.78, 5) is 17.7. The zero-order valence-electron chi connectivity index (χ0n) is 12.4. The Bertz CT molecular complexity index is 1020. The first-order valence-electron chi connectivity index (χ1n) is 7.25. The van der Waals surface area contributed by atoms with Gasteiger partial charge < -0.3 is 4.98 Å². The van der Waals surface area contributed by atoms with E-state index < -0.39 is 0 Å². The molecule has 0 saturated carbocycles. The Kier molecular flexibility index (Phi) is 2.91. The van der Waals surface area contributed by atoms with Gasteiger partial charge in [0, 0.05) is 31.7 Å². The van der Waals surface area contributed by atoms with E-state index in [0.717, 1.165) is 39.4 Å². The van der Waals surface area contributed by atoms with Crippen LogP contribution in [0.15, 0.2) is 42.5 Å². The first-order chi connectivity index (χ1) is 10.7. The summed E-state index contributed by atoms with van der Waals surface area (Å²) in [6.45, 7) is 4.20. The molecule has 2 heterocycles. The molecule has 0 aliphatic heterocycles. The molecule has 0 radical (unpaired) electrons. The van der Waals surface area contributed by atoms with Gasteiger partial charge in [0.15, 0.2) is 6.29 Å². The van der Waals surface area contributed by atoms with Gasteiger partial charge in [-0.3, -0.25) is 4.79 Å². The predicted octanol–water partition coefficient (Wildman–Crippen LogP) is 5.48. The Balaban J connectivity index is 2.13. The van der Waals surface area contributed by atoms with Crippen molar-refractivity contribution < 1.29 is 4.79 Å². The van der Waals surface area contributed by atoms with Gasteiger partial charge in [-0.2, -0.15) is 0 Å². The molecule has 0 aliphatic carbocycles. The van der Waals surface area contributed by atoms with Crippen LogP contribution in [0.2, 0.25) is 0 Å². The van der Waals surface area contributed by atoms with E-state index in [0.29, 0.717) is 0 Å². The van der Waals surface area contributed by atoms with Crippen molar-refractivity contribution in [3.8, 4) is 11.3 Å². The highest BCUT2D eigenvalue weighted by atomic mass is 32.1. The molecule has 0 bridgehead atoms. The third kappa shape index (κ3) is 1.82. The number of fused-ring (bicyclic) bond motifs is 3. The number of thiophene rings is 1. The van der Waals surface area contributed by atoms with Gasteiger partial charge in [0.2, 0.25) is 0 Å². The molecule has 2 nitrogen and oxygen atoms in total. The van der Waals surface area contributed by atoms with Gasteiger partial charge in [0.1, 0.15) is 0 Å². The SMILES string of the molecule is Cc1cc(-c2[nH]c3c(ccc4ccccc43)c2C=O)c(C)s1. The molecular formula is C19H15NOS. The number of carbonyl (C=O) groups excluding carboxylic acids is 1. The van der Waals surface area contributed by atoms with Crippen LogP contribution in [0.5, 0.6) is 0 Å². The molecule has 0 amide bonds. The molecule has 0 atom stereocenters. The lowest BCUT2D eigenvalue weighted by atomic mass is 10.0. The van der Waals surface area contributed by atoms with Crippen LogP contribution < -0.4 is 0 Å². The summed E-state index contributed by atoms with van der Waals surface area (Å²) in [7, 11) is 0. The first kappa shape index (κ1) is 13.3. The second kappa shape index (κ2) is 4.82. The lowest BCUT2D eigenvalue weighted by Crippen LogP contribution is -1.84. The maximum Gasteiger partial charge on any atom is 0.152 e. The summed E-state index contributed by atoms with van der Waals surface area (Å²) < 4.78 is 0. The van der Waals surface area contributed by atoms with E-state index in [1.165, 1.54) is 15.1 Å². The number of hydrogen-bond acceptors (Lipinski definition) is 2. The van der Waals surface area contributed by atoms with Crippen molar-refractivity contribution in [2.45, 2.75) is 13.8 Å². The largest absolute Gasteiger partial charge is 0.353 e. The highest BCUT2D eigenvalue weighted by molar-refractivity contribution is 7.12. The van der Waals surface area contributed by atoms with Crippen molar-refractivity contribution in [3.63, 3.8) is 0 Å². The Hall–Kier alpha value is -2.39. The number of hydrogen-bond donors (Lipinski definition) is 1. The molecule has 108 valence electrons. The smallest absolute Gasteiger partial charge is 0.152 e. The van der Waals surface area contributed by atoms with Crippen LogP contribution >= 0.6 is 11.3 Å². The van der Waals surface area contributed by atoms with Crippen LogP contribution in [0.1, 0.15) is 20.1 Å². The molecule has 22 heavy (non-hydrogen) atoms. The number of H-pyrrole nitrogens is 1. The molecule has 2 aromatic heterocycles. The Morgan fingerprint density at radius 2 is 1.86 bits per heavy atom. The summed E-state index contributed by atoms with van der Waals surface area (Å²) in [5.41, 5.74) is 3.85. The van der Waals surface area contributed by atoms with Crippen LogP contribution in [0.3, 0.4) is 0 Å². The number of aromatic amines is 1. The molecule has 2 aromatic carbocycles. The maximum atomic E-state index is 11.7. The standard InChI is InChI=1S/C19H15NOS/c1-11-9-16(12(2)22-11)19-17(10-21)15-8-7-13-5-3-4-6-14(13)18(15)20-19/h3-10,20H,1-2H3. The van der Waals surface area contributed by atoms with E-state index in [9.17, 15) is 4.79 Å². The molecule has 0 unspecified atom stereocenters. The normalized spacial score (nSPS) is 11.4. The molecule has 0 aliphatic rings. The average molecular weight is 305 g/mol. The van der Waals surface area contributed by atoms with Gasteiger partial charge in [0.25, 0.3) is 0 Å².